The molecule has 10 nitrogen and oxygen atoms in total. The first-order chi connectivity index (χ1) is 22.7. The lowest BCUT2D eigenvalue weighted by Crippen LogP contribution is -2.58. The van der Waals surface area contributed by atoms with Gasteiger partial charge in [-0.25, -0.2) is 30.7 Å². The number of carbonyl (C=O) groups excluding carboxylic acids is 1. The third-order valence-electron chi connectivity index (χ3n) is 8.80. The fourth-order valence-corrected chi connectivity index (χ4v) is 7.43. The molecule has 0 aromatic heterocycles. The van der Waals surface area contributed by atoms with Crippen molar-refractivity contribution < 1.29 is 41.0 Å². The Morgan fingerprint density at radius 2 is 1.73 bits per heavy atom. The molecule has 0 aliphatic carbocycles. The number of ether oxygens (including phenoxy) is 1. The highest BCUT2D eigenvalue weighted by molar-refractivity contribution is 7.88. The molecule has 0 radical (unpaired) electrons. The largest absolute Gasteiger partial charge is 0.465 e. The van der Waals surface area contributed by atoms with Crippen LogP contribution in [0.25, 0.3) is 0 Å². The van der Waals surface area contributed by atoms with Crippen LogP contribution in [-0.2, 0) is 26.0 Å². The molecular formula is C33H36ClF3N4O6S. The van der Waals surface area contributed by atoms with Gasteiger partial charge in [-0.1, -0.05) is 29.8 Å². The minimum atomic E-state index is -3.31. The maximum Gasteiger partial charge on any atom is 0.405 e. The number of morpholine rings is 1. The summed E-state index contributed by atoms with van der Waals surface area (Å²) < 4.78 is 75.9. The molecule has 3 atom stereocenters. The molecule has 2 fully saturated rings. The van der Waals surface area contributed by atoms with E-state index in [2.05, 4.69) is 16.0 Å². The number of hydrogen-bond acceptors (Lipinski definition) is 6. The van der Waals surface area contributed by atoms with Crippen molar-refractivity contribution in [3.8, 4) is 0 Å². The molecule has 2 amide bonds. The molecule has 48 heavy (non-hydrogen) atoms. The fraction of sp³-hybridized carbons (Fsp3) is 0.394. The van der Waals surface area contributed by atoms with E-state index in [1.807, 2.05) is 0 Å². The van der Waals surface area contributed by atoms with Crippen LogP contribution in [0.5, 0.6) is 0 Å². The molecule has 4 N–H and O–H groups in total. The predicted octanol–water partition coefficient (Wildman–Crippen LogP) is 4.88. The highest BCUT2D eigenvalue weighted by Gasteiger charge is 2.42. The monoisotopic (exact) mass is 708 g/mol. The average molecular weight is 709 g/mol. The van der Waals surface area contributed by atoms with Crippen LogP contribution in [0.3, 0.4) is 0 Å². The van der Waals surface area contributed by atoms with Gasteiger partial charge in [-0.05, 0) is 73.2 Å². The number of halogens is 4. The van der Waals surface area contributed by atoms with E-state index < -0.39 is 57.0 Å². The van der Waals surface area contributed by atoms with Gasteiger partial charge in [0.2, 0.25) is 15.9 Å². The lowest BCUT2D eigenvalue weighted by molar-refractivity contribution is -0.137. The van der Waals surface area contributed by atoms with E-state index in [4.69, 9.17) is 16.3 Å². The van der Waals surface area contributed by atoms with Crippen LogP contribution >= 0.6 is 11.6 Å². The molecule has 258 valence electrons. The summed E-state index contributed by atoms with van der Waals surface area (Å²) in [7, 11) is -3.31. The molecule has 2 heterocycles. The first-order valence-corrected chi connectivity index (χ1v) is 17.6. The summed E-state index contributed by atoms with van der Waals surface area (Å²) in [6.45, 7) is 1.72. The summed E-state index contributed by atoms with van der Waals surface area (Å²) in [5, 5.41) is 18.2. The van der Waals surface area contributed by atoms with E-state index in [9.17, 15) is 31.9 Å². The number of benzene rings is 3. The van der Waals surface area contributed by atoms with Gasteiger partial charge in [-0.3, -0.25) is 4.79 Å². The van der Waals surface area contributed by atoms with Crippen molar-refractivity contribution in [3.63, 3.8) is 0 Å². The van der Waals surface area contributed by atoms with Gasteiger partial charge in [0.15, 0.2) is 0 Å². The van der Waals surface area contributed by atoms with E-state index in [1.54, 1.807) is 0 Å². The molecular weight excluding hydrogens is 673 g/mol. The molecule has 0 unspecified atom stereocenters. The number of carbonyl (C=O) groups is 2. The second kappa shape index (κ2) is 14.8. The van der Waals surface area contributed by atoms with Crippen molar-refractivity contribution in [3.05, 3.63) is 99.8 Å². The Labute approximate surface area is 281 Å². The van der Waals surface area contributed by atoms with Crippen LogP contribution in [0.1, 0.15) is 41.9 Å². The van der Waals surface area contributed by atoms with Crippen LogP contribution < -0.4 is 16.0 Å². The summed E-state index contributed by atoms with van der Waals surface area (Å²) in [5.74, 6) is -4.54. The number of amides is 2. The van der Waals surface area contributed by atoms with Crippen LogP contribution in [0.4, 0.5) is 23.7 Å². The molecule has 2 aliphatic heterocycles. The molecule has 0 saturated carbocycles. The van der Waals surface area contributed by atoms with Crippen LogP contribution in [0, 0.1) is 17.5 Å². The van der Waals surface area contributed by atoms with E-state index >= 15 is 4.39 Å². The second-order valence-electron chi connectivity index (χ2n) is 12.2. The maximum absolute atomic E-state index is 15.3. The van der Waals surface area contributed by atoms with Gasteiger partial charge in [0.05, 0.1) is 18.0 Å². The Kier molecular flexibility index (Phi) is 11.0. The van der Waals surface area contributed by atoms with Crippen LogP contribution in [0.15, 0.2) is 60.7 Å². The number of nitrogens with one attached hydrogen (secondary N) is 3. The van der Waals surface area contributed by atoms with E-state index in [0.717, 1.165) is 12.1 Å². The minimum Gasteiger partial charge on any atom is -0.465 e. The smallest absolute Gasteiger partial charge is 0.405 e. The number of hydrogen-bond donors (Lipinski definition) is 4. The summed E-state index contributed by atoms with van der Waals surface area (Å²) in [5.41, 5.74) is 0.0313. The zero-order valence-electron chi connectivity index (χ0n) is 26.0. The lowest BCUT2D eigenvalue weighted by atomic mass is 9.84. The number of sulfonamides is 1. The molecule has 15 heteroatoms. The first-order valence-electron chi connectivity index (χ1n) is 15.4. The number of rotatable bonds is 10. The standard InChI is InChI=1S/C33H36ClF3N4O6S/c1-48(45,46)41-13-11-33(12-14-41)19-38-18-25(47-33)9-10-26-27(37)3-2-4-28(26)39-31(42)30(40-32(43)44)29(20-5-7-22(34)8-6-20)21-15-23(35)17-24(36)16-21/h2-8,15-17,25,29-30,38,40H,9-14,18-19H2,1H3,(H,39,42)(H,43,44)/t25-,29+,30+/m1/s1. The average Bonchev–Trinajstić information content (AvgIpc) is 3.00. The summed E-state index contributed by atoms with van der Waals surface area (Å²) in [6, 6.07) is 11.2. The van der Waals surface area contributed by atoms with E-state index in [0.29, 0.717) is 62.1 Å². The van der Waals surface area contributed by atoms with Crippen molar-refractivity contribution >= 4 is 39.3 Å². The van der Waals surface area contributed by atoms with E-state index in [1.165, 1.54) is 53.0 Å². The SMILES string of the molecule is CS(=O)(=O)N1CCC2(CC1)CNC[C@@H](CCc1c(F)cccc1NC(=O)[C@@H](NC(=O)O)[C@@H](c1ccc(Cl)cc1)c1cc(F)cc(F)c1)O2. The minimum absolute atomic E-state index is 0.0126. The van der Waals surface area contributed by atoms with E-state index in [-0.39, 0.29) is 29.3 Å². The predicted molar refractivity (Wildman–Crippen MR) is 174 cm³/mol. The first kappa shape index (κ1) is 35.6. The number of piperidine rings is 1. The molecule has 1 spiro atoms. The highest BCUT2D eigenvalue weighted by Crippen LogP contribution is 2.34. The van der Waals surface area contributed by atoms with Gasteiger partial charge < -0.3 is 25.8 Å². The number of carboxylic acid groups (broad SMARTS) is 1. The molecule has 5 rings (SSSR count). The Balaban J connectivity index is 1.37. The Bertz CT molecular complexity index is 1740. The second-order valence-corrected chi connectivity index (χ2v) is 14.6. The quantitative estimate of drug-likeness (QED) is 0.236. The highest BCUT2D eigenvalue weighted by atomic mass is 35.5. The summed E-state index contributed by atoms with van der Waals surface area (Å²) in [6.07, 6.45) is 0.805. The third kappa shape index (κ3) is 8.66. The van der Waals surface area contributed by atoms with Gasteiger partial charge in [0.25, 0.3) is 0 Å². The summed E-state index contributed by atoms with van der Waals surface area (Å²) >= 11 is 6.05. The van der Waals surface area contributed by atoms with Crippen molar-refractivity contribution in [1.82, 2.24) is 14.9 Å². The molecule has 3 aromatic rings. The maximum atomic E-state index is 15.3. The molecule has 0 bridgehead atoms. The van der Waals surface area contributed by atoms with Crippen molar-refractivity contribution in [2.24, 2.45) is 0 Å². The zero-order chi connectivity index (χ0) is 34.6. The van der Waals surface area contributed by atoms with Gasteiger partial charge in [0, 0.05) is 54.4 Å². The topological polar surface area (TPSA) is 137 Å². The van der Waals surface area contributed by atoms with Crippen molar-refractivity contribution in [1.29, 1.82) is 0 Å². The Hall–Kier alpha value is -3.69. The Morgan fingerprint density at radius 1 is 1.06 bits per heavy atom. The van der Waals surface area contributed by atoms with Crippen LogP contribution in [-0.4, -0.2) is 80.0 Å². The molecule has 2 saturated heterocycles. The van der Waals surface area contributed by atoms with Gasteiger partial charge in [0.1, 0.15) is 23.5 Å². The van der Waals surface area contributed by atoms with Gasteiger partial charge in [-0.15, -0.1) is 0 Å². The number of anilines is 1. The zero-order valence-corrected chi connectivity index (χ0v) is 27.6. The fourth-order valence-electron chi connectivity index (χ4n) is 6.46. The number of nitrogens with zero attached hydrogens (tertiary/aromatic N) is 1. The van der Waals surface area contributed by atoms with Crippen LogP contribution in [0.2, 0.25) is 5.02 Å². The third-order valence-corrected chi connectivity index (χ3v) is 10.4. The lowest BCUT2D eigenvalue weighted by Gasteiger charge is -2.46. The van der Waals surface area contributed by atoms with Gasteiger partial charge in [-0.2, -0.15) is 0 Å². The van der Waals surface area contributed by atoms with Gasteiger partial charge >= 0.3 is 6.09 Å². The normalized spacial score (nSPS) is 19.4. The van der Waals surface area contributed by atoms with Crippen molar-refractivity contribution in [2.45, 2.75) is 49.3 Å². The molecule has 2 aliphatic rings. The summed E-state index contributed by atoms with van der Waals surface area (Å²) in [4.78, 5) is 25.8. The molecule has 3 aromatic carbocycles. The Morgan fingerprint density at radius 3 is 2.35 bits per heavy atom. The van der Waals surface area contributed by atoms with Crippen molar-refractivity contribution in [2.75, 3.05) is 37.8 Å².